The summed E-state index contributed by atoms with van der Waals surface area (Å²) in [5.41, 5.74) is 4.80. The summed E-state index contributed by atoms with van der Waals surface area (Å²) < 4.78 is 6.35. The standard InChI is InChI=1S/C27H30ClN5OS/c1-6-8-23(32(3)4)20-13-18(2)31-27-19(20)9-7-10-24(27)34-16-21-22(28)14-29-15-25(21)35-17-26-30-11-12-33(26)5/h6-15,26,30H,1,16-17H2,2-5H3/b23-8-. The SMILES string of the molecule is C=C/C=C(/c1cc(C)nc2c(OCc3c(Cl)cncc3SCC3NC=CN3C)cccc12)N(C)C. The van der Waals surface area contributed by atoms with Gasteiger partial charge in [-0.15, -0.1) is 11.8 Å². The molecule has 4 rings (SSSR count). The molecule has 0 bridgehead atoms. The summed E-state index contributed by atoms with van der Waals surface area (Å²) in [5.74, 6) is 1.56. The minimum absolute atomic E-state index is 0.228. The number of pyridine rings is 2. The van der Waals surface area contributed by atoms with Crippen molar-refractivity contribution in [2.75, 3.05) is 26.9 Å². The van der Waals surface area contributed by atoms with E-state index < -0.39 is 0 Å². The lowest BCUT2D eigenvalue weighted by Crippen LogP contribution is -2.34. The lowest BCUT2D eigenvalue weighted by atomic mass is 10.0. The molecule has 3 heterocycles. The molecule has 0 spiro atoms. The monoisotopic (exact) mass is 507 g/mol. The highest BCUT2D eigenvalue weighted by atomic mass is 35.5. The van der Waals surface area contributed by atoms with Gasteiger partial charge >= 0.3 is 0 Å². The van der Waals surface area contributed by atoms with Crippen molar-refractivity contribution >= 4 is 40.0 Å². The van der Waals surface area contributed by atoms with Gasteiger partial charge in [0, 0.05) is 84.5 Å². The third-order valence-electron chi connectivity index (χ3n) is 5.79. The fraction of sp³-hybridized carbons (Fsp3) is 0.259. The fourth-order valence-electron chi connectivity index (χ4n) is 3.96. The maximum atomic E-state index is 6.57. The van der Waals surface area contributed by atoms with Crippen LogP contribution in [0.15, 0.2) is 72.7 Å². The predicted octanol–water partition coefficient (Wildman–Crippen LogP) is 5.68. The number of hydrogen-bond donors (Lipinski definition) is 1. The van der Waals surface area contributed by atoms with Crippen molar-refractivity contribution in [2.24, 2.45) is 0 Å². The summed E-state index contributed by atoms with van der Waals surface area (Å²) in [6.45, 7) is 6.20. The van der Waals surface area contributed by atoms with Crippen LogP contribution in [0.3, 0.4) is 0 Å². The van der Waals surface area contributed by atoms with E-state index in [0.29, 0.717) is 11.6 Å². The van der Waals surface area contributed by atoms with Gasteiger partial charge in [0.05, 0.1) is 5.02 Å². The van der Waals surface area contributed by atoms with Crippen molar-refractivity contribution in [3.05, 3.63) is 89.6 Å². The van der Waals surface area contributed by atoms with E-state index in [1.54, 1.807) is 24.0 Å². The molecule has 6 nitrogen and oxygen atoms in total. The number of ether oxygens (including phenoxy) is 1. The largest absolute Gasteiger partial charge is 0.487 e. The Morgan fingerprint density at radius 2 is 2.17 bits per heavy atom. The maximum absolute atomic E-state index is 6.57. The van der Waals surface area contributed by atoms with E-state index in [-0.39, 0.29) is 6.17 Å². The number of para-hydroxylation sites is 1. The number of allylic oxidation sites excluding steroid dienone is 2. The van der Waals surface area contributed by atoms with Crippen LogP contribution in [-0.4, -0.2) is 52.8 Å². The molecule has 0 fully saturated rings. The Labute approximate surface area is 216 Å². The number of benzene rings is 1. The minimum Gasteiger partial charge on any atom is -0.487 e. The Balaban J connectivity index is 1.63. The lowest BCUT2D eigenvalue weighted by molar-refractivity contribution is 0.306. The molecule has 1 atom stereocenters. The van der Waals surface area contributed by atoms with Crippen LogP contribution in [0.2, 0.25) is 5.02 Å². The van der Waals surface area contributed by atoms with Crippen LogP contribution < -0.4 is 10.1 Å². The van der Waals surface area contributed by atoms with Gasteiger partial charge in [0.25, 0.3) is 0 Å². The van der Waals surface area contributed by atoms with Crippen molar-refractivity contribution in [3.8, 4) is 5.75 Å². The summed E-state index contributed by atoms with van der Waals surface area (Å²) in [6, 6.07) is 8.12. The summed E-state index contributed by atoms with van der Waals surface area (Å²) in [7, 11) is 6.10. The van der Waals surface area contributed by atoms with E-state index >= 15 is 0 Å². The molecule has 0 saturated carbocycles. The van der Waals surface area contributed by atoms with E-state index in [4.69, 9.17) is 21.3 Å². The molecule has 1 aliphatic rings. The van der Waals surface area contributed by atoms with Gasteiger partial charge in [-0.2, -0.15) is 0 Å². The molecular formula is C27H30ClN5OS. The third-order valence-corrected chi connectivity index (χ3v) is 7.26. The molecule has 0 saturated heterocycles. The number of thioether (sulfide) groups is 1. The molecule has 1 aromatic carbocycles. The van der Waals surface area contributed by atoms with Crippen LogP contribution in [0.1, 0.15) is 16.8 Å². The van der Waals surface area contributed by atoms with Gasteiger partial charge in [0.15, 0.2) is 0 Å². The highest BCUT2D eigenvalue weighted by Crippen LogP contribution is 2.34. The van der Waals surface area contributed by atoms with Gasteiger partial charge in [-0.25, -0.2) is 4.98 Å². The van der Waals surface area contributed by atoms with Crippen LogP contribution in [0.4, 0.5) is 0 Å². The van der Waals surface area contributed by atoms with E-state index in [1.807, 2.05) is 57.8 Å². The molecule has 0 radical (unpaired) electrons. The molecule has 35 heavy (non-hydrogen) atoms. The van der Waals surface area contributed by atoms with Gasteiger partial charge in [0.2, 0.25) is 0 Å². The van der Waals surface area contributed by atoms with Crippen molar-refractivity contribution in [1.29, 1.82) is 0 Å². The molecule has 2 aromatic heterocycles. The molecule has 1 unspecified atom stereocenters. The molecule has 8 heteroatoms. The highest BCUT2D eigenvalue weighted by Gasteiger charge is 2.18. The highest BCUT2D eigenvalue weighted by molar-refractivity contribution is 7.99. The van der Waals surface area contributed by atoms with Gasteiger partial charge in [0.1, 0.15) is 24.0 Å². The molecule has 1 N–H and O–H groups in total. The number of rotatable bonds is 9. The van der Waals surface area contributed by atoms with Gasteiger partial charge in [-0.1, -0.05) is 36.4 Å². The molecule has 0 amide bonds. The van der Waals surface area contributed by atoms with Crippen LogP contribution in [0.25, 0.3) is 16.6 Å². The van der Waals surface area contributed by atoms with E-state index in [9.17, 15) is 0 Å². The second kappa shape index (κ2) is 11.1. The average Bonchev–Trinajstić information content (AvgIpc) is 3.24. The van der Waals surface area contributed by atoms with Crippen LogP contribution in [-0.2, 0) is 6.61 Å². The molecule has 3 aromatic rings. The Bertz CT molecular complexity index is 1290. The summed E-state index contributed by atoms with van der Waals surface area (Å²) in [4.78, 5) is 14.4. The zero-order valence-corrected chi connectivity index (χ0v) is 22.0. The normalized spacial score (nSPS) is 15.4. The number of fused-ring (bicyclic) bond motifs is 1. The van der Waals surface area contributed by atoms with Crippen molar-refractivity contribution in [2.45, 2.75) is 24.6 Å². The number of aromatic nitrogens is 2. The Morgan fingerprint density at radius 3 is 2.89 bits per heavy atom. The summed E-state index contributed by atoms with van der Waals surface area (Å²) in [6.07, 6.45) is 11.5. The van der Waals surface area contributed by atoms with Crippen molar-refractivity contribution in [1.82, 2.24) is 25.1 Å². The fourth-order valence-corrected chi connectivity index (χ4v) is 5.37. The van der Waals surface area contributed by atoms with Crippen LogP contribution in [0, 0.1) is 6.92 Å². The van der Waals surface area contributed by atoms with Crippen molar-refractivity contribution in [3.63, 3.8) is 0 Å². The first-order valence-corrected chi connectivity index (χ1v) is 12.7. The average molecular weight is 508 g/mol. The number of hydrogen-bond acceptors (Lipinski definition) is 7. The predicted molar refractivity (Wildman–Crippen MR) is 146 cm³/mol. The van der Waals surface area contributed by atoms with Crippen LogP contribution in [0.5, 0.6) is 5.75 Å². The maximum Gasteiger partial charge on any atom is 0.146 e. The zero-order chi connectivity index (χ0) is 24.9. The first kappa shape index (κ1) is 24.9. The summed E-state index contributed by atoms with van der Waals surface area (Å²) in [5, 5.41) is 4.96. The quantitative estimate of drug-likeness (QED) is 0.295. The first-order valence-electron chi connectivity index (χ1n) is 11.3. The summed E-state index contributed by atoms with van der Waals surface area (Å²) >= 11 is 8.28. The van der Waals surface area contributed by atoms with E-state index in [2.05, 4.69) is 45.9 Å². The second-order valence-corrected chi connectivity index (χ2v) is 9.98. The van der Waals surface area contributed by atoms with Crippen LogP contribution >= 0.6 is 23.4 Å². The zero-order valence-electron chi connectivity index (χ0n) is 20.5. The Hall–Kier alpha value is -3.16. The van der Waals surface area contributed by atoms with Crippen molar-refractivity contribution < 1.29 is 4.74 Å². The van der Waals surface area contributed by atoms with E-state index in [1.165, 1.54) is 0 Å². The molecular weight excluding hydrogens is 478 g/mol. The van der Waals surface area contributed by atoms with Gasteiger partial charge < -0.3 is 19.9 Å². The number of halogens is 1. The lowest BCUT2D eigenvalue weighted by Gasteiger charge is -2.21. The Kier molecular flexibility index (Phi) is 7.88. The Morgan fingerprint density at radius 1 is 1.34 bits per heavy atom. The number of nitrogens with one attached hydrogen (secondary N) is 1. The smallest absolute Gasteiger partial charge is 0.146 e. The number of nitrogens with zero attached hydrogens (tertiary/aromatic N) is 4. The van der Waals surface area contributed by atoms with Gasteiger partial charge in [-0.05, 0) is 25.1 Å². The van der Waals surface area contributed by atoms with E-state index in [0.717, 1.165) is 49.8 Å². The number of aryl methyl sites for hydroxylation is 1. The molecule has 182 valence electrons. The third kappa shape index (κ3) is 5.57. The topological polar surface area (TPSA) is 53.5 Å². The van der Waals surface area contributed by atoms with Gasteiger partial charge in [-0.3, -0.25) is 4.98 Å². The molecule has 1 aliphatic heterocycles. The second-order valence-electron chi connectivity index (χ2n) is 8.51. The first-order chi connectivity index (χ1) is 16.9. The minimum atomic E-state index is 0.228. The molecule has 0 aliphatic carbocycles.